The summed E-state index contributed by atoms with van der Waals surface area (Å²) in [4.78, 5) is 0. The zero-order valence-electron chi connectivity index (χ0n) is 7.78. The third kappa shape index (κ3) is 6.86. The van der Waals surface area contributed by atoms with Crippen LogP contribution in [0.2, 0.25) is 0 Å². The topological polar surface area (TPSA) is 49.6 Å². The summed E-state index contributed by atoms with van der Waals surface area (Å²) in [5.41, 5.74) is 0.590. The summed E-state index contributed by atoms with van der Waals surface area (Å²) in [6.07, 6.45) is 2.74. The highest BCUT2D eigenvalue weighted by Gasteiger charge is 1.80. The van der Waals surface area contributed by atoms with Gasteiger partial charge < -0.3 is 5.41 Å². The maximum absolute atomic E-state index is 6.72. The number of nitrogens with one attached hydrogen (secondary N) is 1. The van der Waals surface area contributed by atoms with Crippen molar-refractivity contribution in [2.24, 2.45) is 5.92 Å². The molecule has 0 radical (unpaired) electrons. The van der Waals surface area contributed by atoms with Gasteiger partial charge in [0.2, 0.25) is 0 Å². The molecule has 12 heavy (non-hydrogen) atoms. The van der Waals surface area contributed by atoms with Crippen LogP contribution in [0.5, 0.6) is 0 Å². The summed E-state index contributed by atoms with van der Waals surface area (Å²) >= 11 is 0. The summed E-state index contributed by atoms with van der Waals surface area (Å²) in [7, 11) is 0. The molecular weight excluding hydrogens is 150 g/mol. The van der Waals surface area contributed by atoms with Crippen molar-refractivity contribution in [3.05, 3.63) is 24.0 Å². The highest BCUT2D eigenvalue weighted by molar-refractivity contribution is 5.73. The van der Waals surface area contributed by atoms with Crippen LogP contribution in [0.15, 0.2) is 18.3 Å². The molecule has 3 nitrogen and oxygen atoms in total. The van der Waals surface area contributed by atoms with Gasteiger partial charge in [-0.2, -0.15) is 5.10 Å². The molecular formula is C9H15N3. The lowest BCUT2D eigenvalue weighted by Crippen LogP contribution is -1.86. The lowest BCUT2D eigenvalue weighted by molar-refractivity contribution is 0.737. The molecule has 0 saturated heterocycles. The molecule has 1 rings (SSSR count). The molecule has 0 aliphatic rings. The van der Waals surface area contributed by atoms with Gasteiger partial charge in [-0.15, -0.1) is 5.10 Å². The molecule has 0 aliphatic carbocycles. The van der Waals surface area contributed by atoms with E-state index in [1.54, 1.807) is 18.3 Å². The van der Waals surface area contributed by atoms with Crippen LogP contribution in [0.1, 0.15) is 26.5 Å². The summed E-state index contributed by atoms with van der Waals surface area (Å²) in [6, 6.07) is 3.47. The highest BCUT2D eigenvalue weighted by atomic mass is 15.1. The third-order valence-corrected chi connectivity index (χ3v) is 0.741. The van der Waals surface area contributed by atoms with Gasteiger partial charge >= 0.3 is 0 Å². The minimum atomic E-state index is 0.590. The van der Waals surface area contributed by atoms with Crippen LogP contribution >= 0.6 is 0 Å². The van der Waals surface area contributed by atoms with Crippen molar-refractivity contribution >= 4 is 6.21 Å². The lowest BCUT2D eigenvalue weighted by atomic mass is 10.3. The Bertz CT molecular complexity index is 204. The number of hydrogen-bond acceptors (Lipinski definition) is 3. The molecule has 3 heteroatoms. The zero-order valence-corrected chi connectivity index (χ0v) is 7.78. The van der Waals surface area contributed by atoms with E-state index in [4.69, 9.17) is 5.41 Å². The molecule has 1 aromatic rings. The van der Waals surface area contributed by atoms with E-state index in [0.717, 1.165) is 12.1 Å². The van der Waals surface area contributed by atoms with Gasteiger partial charge in [0, 0.05) is 12.4 Å². The van der Waals surface area contributed by atoms with Crippen LogP contribution in [0.25, 0.3) is 0 Å². The number of hydrogen-bond donors (Lipinski definition) is 1. The van der Waals surface area contributed by atoms with Gasteiger partial charge in [-0.1, -0.05) is 20.8 Å². The molecule has 0 atom stereocenters. The Hall–Kier alpha value is -1.25. The van der Waals surface area contributed by atoms with Gasteiger partial charge in [0.25, 0.3) is 0 Å². The van der Waals surface area contributed by atoms with Gasteiger partial charge in [-0.05, 0) is 18.1 Å². The fraction of sp³-hybridized carbons (Fsp3) is 0.444. The second kappa shape index (κ2) is 6.46. The van der Waals surface area contributed by atoms with Gasteiger partial charge in [0.15, 0.2) is 0 Å². The van der Waals surface area contributed by atoms with E-state index in [9.17, 15) is 0 Å². The monoisotopic (exact) mass is 165 g/mol. The Morgan fingerprint density at radius 1 is 1.42 bits per heavy atom. The van der Waals surface area contributed by atoms with Crippen molar-refractivity contribution in [1.29, 1.82) is 5.41 Å². The zero-order chi connectivity index (χ0) is 9.40. The fourth-order valence-corrected chi connectivity index (χ4v) is 0.390. The van der Waals surface area contributed by atoms with Crippen molar-refractivity contribution < 1.29 is 0 Å². The lowest BCUT2D eigenvalue weighted by Gasteiger charge is -1.81. The fourth-order valence-electron chi connectivity index (χ4n) is 0.390. The Kier molecular flexibility index (Phi) is 5.79. The van der Waals surface area contributed by atoms with Crippen molar-refractivity contribution in [2.45, 2.75) is 20.8 Å². The second-order valence-electron chi connectivity index (χ2n) is 3.02. The van der Waals surface area contributed by atoms with Gasteiger partial charge in [-0.25, -0.2) is 0 Å². The molecule has 0 aromatic carbocycles. The largest absolute Gasteiger partial charge is 0.306 e. The van der Waals surface area contributed by atoms with E-state index in [0.29, 0.717) is 5.69 Å². The van der Waals surface area contributed by atoms with Crippen molar-refractivity contribution in [2.75, 3.05) is 0 Å². The minimum Gasteiger partial charge on any atom is -0.306 e. The first-order valence-corrected chi connectivity index (χ1v) is 3.95. The molecule has 0 bridgehead atoms. The number of rotatable bonds is 1. The van der Waals surface area contributed by atoms with Crippen molar-refractivity contribution in [1.82, 2.24) is 10.2 Å². The summed E-state index contributed by atoms with van der Waals surface area (Å²) < 4.78 is 0. The van der Waals surface area contributed by atoms with E-state index >= 15 is 0 Å². The first-order chi connectivity index (χ1) is 5.66. The van der Waals surface area contributed by atoms with Crippen LogP contribution in [-0.4, -0.2) is 16.4 Å². The SMILES string of the molecule is CC(C)C.N=Cc1cccnn1. The van der Waals surface area contributed by atoms with Crippen molar-refractivity contribution in [3.63, 3.8) is 0 Å². The molecule has 1 heterocycles. The normalized spacial score (nSPS) is 8.67. The predicted molar refractivity (Wildman–Crippen MR) is 50.4 cm³/mol. The Balaban J connectivity index is 0.000000261. The minimum absolute atomic E-state index is 0.590. The van der Waals surface area contributed by atoms with E-state index in [1.165, 1.54) is 0 Å². The van der Waals surface area contributed by atoms with E-state index in [-0.39, 0.29) is 0 Å². The highest BCUT2D eigenvalue weighted by Crippen LogP contribution is 1.82. The summed E-state index contributed by atoms with van der Waals surface area (Å²) in [5, 5.41) is 13.9. The van der Waals surface area contributed by atoms with Crippen molar-refractivity contribution in [3.8, 4) is 0 Å². The predicted octanol–water partition coefficient (Wildman–Crippen LogP) is 2.14. The summed E-state index contributed by atoms with van der Waals surface area (Å²) in [5.74, 6) is 0.833. The first-order valence-electron chi connectivity index (χ1n) is 3.95. The standard InChI is InChI=1S/C5H5N3.C4H10/c6-4-5-2-1-3-7-8-5;1-4(2)3/h1-4,6H;4H,1-3H3. The first kappa shape index (κ1) is 10.8. The maximum Gasteiger partial charge on any atom is 0.103 e. The molecule has 1 N–H and O–H groups in total. The molecule has 0 unspecified atom stereocenters. The molecule has 0 amide bonds. The maximum atomic E-state index is 6.72. The van der Waals surface area contributed by atoms with Gasteiger partial charge in [0.05, 0.1) is 0 Å². The van der Waals surface area contributed by atoms with E-state index in [1.807, 2.05) is 0 Å². The van der Waals surface area contributed by atoms with Crippen LogP contribution in [-0.2, 0) is 0 Å². The Morgan fingerprint density at radius 3 is 2.25 bits per heavy atom. The number of nitrogens with zero attached hydrogens (tertiary/aromatic N) is 2. The van der Waals surface area contributed by atoms with Gasteiger partial charge in [0.1, 0.15) is 5.69 Å². The smallest absolute Gasteiger partial charge is 0.103 e. The molecule has 1 aromatic heterocycles. The Labute approximate surface area is 73.4 Å². The summed E-state index contributed by atoms with van der Waals surface area (Å²) in [6.45, 7) is 6.50. The third-order valence-electron chi connectivity index (χ3n) is 0.741. The molecule has 0 fully saturated rings. The van der Waals surface area contributed by atoms with Gasteiger partial charge in [-0.3, -0.25) is 0 Å². The molecule has 0 spiro atoms. The van der Waals surface area contributed by atoms with E-state index in [2.05, 4.69) is 31.0 Å². The quantitative estimate of drug-likeness (QED) is 0.648. The molecule has 66 valence electrons. The number of aromatic nitrogens is 2. The van der Waals surface area contributed by atoms with E-state index < -0.39 is 0 Å². The average molecular weight is 165 g/mol. The van der Waals surface area contributed by atoms with Crippen LogP contribution < -0.4 is 0 Å². The molecule has 0 saturated carbocycles. The molecule has 0 aliphatic heterocycles. The van der Waals surface area contributed by atoms with Crippen LogP contribution in [0.4, 0.5) is 0 Å². The average Bonchev–Trinajstić information content (AvgIpc) is 2.05. The van der Waals surface area contributed by atoms with Crippen LogP contribution in [0, 0.1) is 11.3 Å². The van der Waals surface area contributed by atoms with Crippen LogP contribution in [0.3, 0.4) is 0 Å². The Morgan fingerprint density at radius 2 is 2.00 bits per heavy atom. The second-order valence-corrected chi connectivity index (χ2v) is 3.02.